The van der Waals surface area contributed by atoms with E-state index in [9.17, 15) is 0 Å². The third kappa shape index (κ3) is 3.33. The molecule has 0 spiro atoms. The van der Waals surface area contributed by atoms with E-state index in [0.29, 0.717) is 5.92 Å². The molecule has 1 atom stereocenters. The van der Waals surface area contributed by atoms with Crippen LogP contribution in [0.15, 0.2) is 30.5 Å². The zero-order chi connectivity index (χ0) is 12.1. The van der Waals surface area contributed by atoms with Gasteiger partial charge in [-0.3, -0.25) is 0 Å². The molecule has 0 bridgehead atoms. The molecule has 1 heterocycles. The molecule has 4 heteroatoms. The maximum Gasteiger partial charge on any atom is 0.223 e. The summed E-state index contributed by atoms with van der Waals surface area (Å²) in [5.74, 6) is 2.50. The summed E-state index contributed by atoms with van der Waals surface area (Å²) >= 11 is 1.87. The van der Waals surface area contributed by atoms with Crippen molar-refractivity contribution in [1.29, 1.82) is 0 Å². The molecule has 17 heavy (non-hydrogen) atoms. The van der Waals surface area contributed by atoms with Crippen LogP contribution in [-0.2, 0) is 0 Å². The summed E-state index contributed by atoms with van der Waals surface area (Å²) in [6.45, 7) is 3.14. The lowest BCUT2D eigenvalue weighted by Gasteiger charge is -2.11. The molecule has 0 saturated heterocycles. The molecule has 1 unspecified atom stereocenters. The molecule has 2 aromatic rings. The second kappa shape index (κ2) is 5.87. The molecule has 3 nitrogen and oxygen atoms in total. The maximum absolute atomic E-state index is 4.48. The van der Waals surface area contributed by atoms with Crippen molar-refractivity contribution in [2.24, 2.45) is 5.92 Å². The van der Waals surface area contributed by atoms with Crippen LogP contribution in [0.25, 0.3) is 10.9 Å². The highest BCUT2D eigenvalue weighted by atomic mass is 32.2. The SMILES string of the molecule is CSCC(C)CNc1ncc2ccccc2n1. The first-order chi connectivity index (χ1) is 8.29. The zero-order valence-electron chi connectivity index (χ0n) is 10.2. The summed E-state index contributed by atoms with van der Waals surface area (Å²) < 4.78 is 0. The number of hydrogen-bond acceptors (Lipinski definition) is 4. The van der Waals surface area contributed by atoms with Crippen molar-refractivity contribution < 1.29 is 0 Å². The minimum Gasteiger partial charge on any atom is -0.354 e. The Morgan fingerprint density at radius 3 is 3.00 bits per heavy atom. The van der Waals surface area contributed by atoms with Crippen molar-refractivity contribution in [3.05, 3.63) is 30.5 Å². The molecule has 0 aliphatic carbocycles. The zero-order valence-corrected chi connectivity index (χ0v) is 11.0. The van der Waals surface area contributed by atoms with Gasteiger partial charge in [0.05, 0.1) is 5.52 Å². The Balaban J connectivity index is 2.04. The molecule has 0 fully saturated rings. The number of anilines is 1. The van der Waals surface area contributed by atoms with Crippen LogP contribution in [0, 0.1) is 5.92 Å². The van der Waals surface area contributed by atoms with Gasteiger partial charge >= 0.3 is 0 Å². The lowest BCUT2D eigenvalue weighted by Crippen LogP contribution is -2.14. The first-order valence-electron chi connectivity index (χ1n) is 5.74. The summed E-state index contributed by atoms with van der Waals surface area (Å²) in [6.07, 6.45) is 3.99. The van der Waals surface area contributed by atoms with E-state index >= 15 is 0 Å². The summed E-state index contributed by atoms with van der Waals surface area (Å²) in [4.78, 5) is 8.79. The molecule has 0 amide bonds. The van der Waals surface area contributed by atoms with Crippen molar-refractivity contribution in [2.45, 2.75) is 6.92 Å². The Kier molecular flexibility index (Phi) is 4.20. The van der Waals surface area contributed by atoms with E-state index in [1.807, 2.05) is 42.2 Å². The molecule has 90 valence electrons. The van der Waals surface area contributed by atoms with Crippen LogP contribution in [-0.4, -0.2) is 28.5 Å². The normalized spacial score (nSPS) is 12.6. The van der Waals surface area contributed by atoms with Crippen LogP contribution >= 0.6 is 11.8 Å². The average molecular weight is 247 g/mol. The van der Waals surface area contributed by atoms with E-state index in [1.54, 1.807) is 0 Å². The first kappa shape index (κ1) is 12.2. The van der Waals surface area contributed by atoms with Gasteiger partial charge in [-0.1, -0.05) is 25.1 Å². The highest BCUT2D eigenvalue weighted by molar-refractivity contribution is 7.98. The van der Waals surface area contributed by atoms with Crippen LogP contribution < -0.4 is 5.32 Å². The summed E-state index contributed by atoms with van der Waals surface area (Å²) in [5, 5.41) is 4.36. The topological polar surface area (TPSA) is 37.8 Å². The van der Waals surface area contributed by atoms with Crippen LogP contribution in [0.5, 0.6) is 0 Å². The lowest BCUT2D eigenvalue weighted by molar-refractivity contribution is 0.697. The fourth-order valence-corrected chi connectivity index (χ4v) is 2.35. The predicted octanol–water partition coefficient (Wildman–Crippen LogP) is 3.04. The summed E-state index contributed by atoms with van der Waals surface area (Å²) in [6, 6.07) is 8.03. The molecule has 0 saturated carbocycles. The number of benzene rings is 1. The predicted molar refractivity (Wildman–Crippen MR) is 75.6 cm³/mol. The standard InChI is InChI=1S/C13H17N3S/c1-10(9-17-2)7-14-13-15-8-11-5-3-4-6-12(11)16-13/h3-6,8,10H,7,9H2,1-2H3,(H,14,15,16). The van der Waals surface area contributed by atoms with Crippen molar-refractivity contribution >= 4 is 28.6 Å². The van der Waals surface area contributed by atoms with Gasteiger partial charge in [0.2, 0.25) is 5.95 Å². The number of rotatable bonds is 5. The van der Waals surface area contributed by atoms with E-state index in [-0.39, 0.29) is 0 Å². The summed E-state index contributed by atoms with van der Waals surface area (Å²) in [5.41, 5.74) is 0.988. The minimum absolute atomic E-state index is 0.625. The lowest BCUT2D eigenvalue weighted by atomic mass is 10.2. The van der Waals surface area contributed by atoms with Crippen LogP contribution in [0.4, 0.5) is 5.95 Å². The largest absolute Gasteiger partial charge is 0.354 e. The number of fused-ring (bicyclic) bond motifs is 1. The smallest absolute Gasteiger partial charge is 0.223 e. The van der Waals surface area contributed by atoms with Crippen molar-refractivity contribution in [3.63, 3.8) is 0 Å². The number of nitrogens with zero attached hydrogens (tertiary/aromatic N) is 2. The molecular weight excluding hydrogens is 230 g/mol. The van der Waals surface area contributed by atoms with Gasteiger partial charge in [0, 0.05) is 18.1 Å². The van der Waals surface area contributed by atoms with E-state index in [4.69, 9.17) is 0 Å². The fourth-order valence-electron chi connectivity index (χ4n) is 1.67. The van der Waals surface area contributed by atoms with E-state index in [0.717, 1.165) is 29.1 Å². The number of nitrogens with one attached hydrogen (secondary N) is 1. The molecule has 2 rings (SSSR count). The van der Waals surface area contributed by atoms with E-state index in [1.165, 1.54) is 0 Å². The van der Waals surface area contributed by atoms with Gasteiger partial charge in [-0.2, -0.15) is 11.8 Å². The third-order valence-corrected chi connectivity index (χ3v) is 3.45. The highest BCUT2D eigenvalue weighted by Crippen LogP contribution is 2.12. The van der Waals surface area contributed by atoms with Gasteiger partial charge in [-0.15, -0.1) is 0 Å². The van der Waals surface area contributed by atoms with Gasteiger partial charge in [0.1, 0.15) is 0 Å². The Hall–Kier alpha value is -1.29. The Morgan fingerprint density at radius 1 is 1.35 bits per heavy atom. The maximum atomic E-state index is 4.48. The van der Waals surface area contributed by atoms with Gasteiger partial charge in [0.25, 0.3) is 0 Å². The second-order valence-electron chi connectivity index (χ2n) is 4.19. The number of aromatic nitrogens is 2. The van der Waals surface area contributed by atoms with Crippen molar-refractivity contribution in [1.82, 2.24) is 9.97 Å². The molecule has 1 aromatic heterocycles. The minimum atomic E-state index is 0.625. The first-order valence-corrected chi connectivity index (χ1v) is 7.13. The highest BCUT2D eigenvalue weighted by Gasteiger charge is 2.03. The average Bonchev–Trinajstić information content (AvgIpc) is 2.36. The number of hydrogen-bond donors (Lipinski definition) is 1. The third-order valence-electron chi connectivity index (χ3n) is 2.55. The monoisotopic (exact) mass is 247 g/mol. The van der Waals surface area contributed by atoms with E-state index in [2.05, 4.69) is 28.5 Å². The molecular formula is C13H17N3S. The van der Waals surface area contributed by atoms with Gasteiger partial charge < -0.3 is 5.32 Å². The van der Waals surface area contributed by atoms with Crippen LogP contribution in [0.3, 0.4) is 0 Å². The second-order valence-corrected chi connectivity index (χ2v) is 5.10. The molecule has 1 aromatic carbocycles. The van der Waals surface area contributed by atoms with Crippen molar-refractivity contribution in [2.75, 3.05) is 23.9 Å². The quantitative estimate of drug-likeness (QED) is 0.881. The van der Waals surface area contributed by atoms with Gasteiger partial charge in [0.15, 0.2) is 0 Å². The number of para-hydroxylation sites is 1. The fraction of sp³-hybridized carbons (Fsp3) is 0.385. The number of thioether (sulfide) groups is 1. The Morgan fingerprint density at radius 2 is 2.18 bits per heavy atom. The van der Waals surface area contributed by atoms with Gasteiger partial charge in [-0.05, 0) is 24.0 Å². The Bertz CT molecular complexity index is 487. The Labute approximate surface area is 106 Å². The molecule has 1 N–H and O–H groups in total. The molecule has 0 aliphatic rings. The van der Waals surface area contributed by atoms with Crippen LogP contribution in [0.2, 0.25) is 0 Å². The van der Waals surface area contributed by atoms with Gasteiger partial charge in [-0.25, -0.2) is 9.97 Å². The van der Waals surface area contributed by atoms with Crippen molar-refractivity contribution in [3.8, 4) is 0 Å². The molecule has 0 radical (unpaired) electrons. The van der Waals surface area contributed by atoms with Crippen LogP contribution in [0.1, 0.15) is 6.92 Å². The summed E-state index contributed by atoms with van der Waals surface area (Å²) in [7, 11) is 0. The van der Waals surface area contributed by atoms with E-state index < -0.39 is 0 Å². The molecule has 0 aliphatic heterocycles.